The van der Waals surface area contributed by atoms with Crippen LogP contribution in [0.5, 0.6) is 5.75 Å². The largest absolute Gasteiger partial charge is 0.477 e. The maximum absolute atomic E-state index is 12.4. The van der Waals surface area contributed by atoms with E-state index in [0.29, 0.717) is 25.7 Å². The zero-order valence-electron chi connectivity index (χ0n) is 12.9. The predicted molar refractivity (Wildman–Crippen MR) is 82.6 cm³/mol. The minimum atomic E-state index is -0.511. The Kier molecular flexibility index (Phi) is 5.44. The fraction of sp³-hybridized carbons (Fsp3) is 0.562. The van der Waals surface area contributed by atoms with Gasteiger partial charge in [0.2, 0.25) is 0 Å². The Bertz CT molecular complexity index is 476. The first-order chi connectivity index (χ1) is 10.1. The van der Waals surface area contributed by atoms with Crippen molar-refractivity contribution in [2.45, 2.75) is 32.9 Å². The van der Waals surface area contributed by atoms with Crippen molar-refractivity contribution in [3.05, 3.63) is 24.3 Å². The molecule has 0 bridgehead atoms. The minimum Gasteiger partial charge on any atom is -0.477 e. The lowest BCUT2D eigenvalue weighted by Crippen LogP contribution is -2.51. The zero-order chi connectivity index (χ0) is 15.2. The lowest BCUT2D eigenvalue weighted by atomic mass is 10.0. The molecule has 1 amide bonds. The normalized spacial score (nSPS) is 18.4. The third-order valence-corrected chi connectivity index (χ3v) is 3.56. The van der Waals surface area contributed by atoms with Gasteiger partial charge in [0.15, 0.2) is 6.10 Å². The number of para-hydroxylation sites is 2. The van der Waals surface area contributed by atoms with Crippen molar-refractivity contribution in [2.24, 2.45) is 5.92 Å². The van der Waals surface area contributed by atoms with Crippen molar-refractivity contribution in [3.63, 3.8) is 0 Å². The van der Waals surface area contributed by atoms with Crippen molar-refractivity contribution in [2.75, 3.05) is 25.1 Å². The maximum atomic E-state index is 12.4. The number of hydrogen-bond donors (Lipinski definition) is 2. The number of carbonyl (C=O) groups is 1. The summed E-state index contributed by atoms with van der Waals surface area (Å²) >= 11 is 0. The summed E-state index contributed by atoms with van der Waals surface area (Å²) in [6.07, 6.45) is -0.511. The molecule has 1 aromatic rings. The highest BCUT2D eigenvalue weighted by molar-refractivity contribution is 5.83. The Balaban J connectivity index is 1.94. The molecule has 2 rings (SSSR count). The van der Waals surface area contributed by atoms with Crippen LogP contribution in [0.4, 0.5) is 5.69 Å². The number of amides is 1. The summed E-state index contributed by atoms with van der Waals surface area (Å²) in [7, 11) is 0. The van der Waals surface area contributed by atoms with Crippen molar-refractivity contribution < 1.29 is 14.3 Å². The molecule has 0 radical (unpaired) electrons. The van der Waals surface area contributed by atoms with Gasteiger partial charge in [-0.15, -0.1) is 0 Å². The van der Waals surface area contributed by atoms with E-state index in [-0.39, 0.29) is 11.9 Å². The van der Waals surface area contributed by atoms with Crippen molar-refractivity contribution in [1.29, 1.82) is 0 Å². The quantitative estimate of drug-likeness (QED) is 0.842. The monoisotopic (exact) mass is 292 g/mol. The van der Waals surface area contributed by atoms with Crippen LogP contribution >= 0.6 is 0 Å². The first kappa shape index (κ1) is 15.6. The number of fused-ring (bicyclic) bond motifs is 1. The van der Waals surface area contributed by atoms with Crippen LogP contribution in [0, 0.1) is 5.92 Å². The summed E-state index contributed by atoms with van der Waals surface area (Å²) in [5.74, 6) is 0.926. The third kappa shape index (κ3) is 4.11. The van der Waals surface area contributed by atoms with Crippen LogP contribution < -0.4 is 15.4 Å². The topological polar surface area (TPSA) is 59.6 Å². The number of benzene rings is 1. The van der Waals surface area contributed by atoms with Crippen LogP contribution in [0.15, 0.2) is 24.3 Å². The average Bonchev–Trinajstić information content (AvgIpc) is 2.50. The van der Waals surface area contributed by atoms with Gasteiger partial charge in [-0.1, -0.05) is 26.0 Å². The molecule has 1 heterocycles. The van der Waals surface area contributed by atoms with Crippen LogP contribution in [0.25, 0.3) is 0 Å². The molecule has 0 saturated carbocycles. The molecule has 1 aliphatic rings. The van der Waals surface area contributed by atoms with Gasteiger partial charge in [0, 0.05) is 6.61 Å². The van der Waals surface area contributed by atoms with E-state index in [9.17, 15) is 4.79 Å². The number of carbonyl (C=O) groups excluding carboxylic acids is 1. The van der Waals surface area contributed by atoms with E-state index in [1.807, 2.05) is 31.2 Å². The third-order valence-electron chi connectivity index (χ3n) is 3.56. The lowest BCUT2D eigenvalue weighted by molar-refractivity contribution is -0.129. The molecule has 2 unspecified atom stereocenters. The molecule has 116 valence electrons. The molecule has 5 heteroatoms. The molecular formula is C16H24N2O3. The van der Waals surface area contributed by atoms with E-state index < -0.39 is 6.10 Å². The van der Waals surface area contributed by atoms with E-state index in [4.69, 9.17) is 9.47 Å². The maximum Gasteiger partial charge on any atom is 0.263 e. The second-order valence-electron chi connectivity index (χ2n) is 5.50. The van der Waals surface area contributed by atoms with Crippen LogP contribution in [-0.4, -0.2) is 37.8 Å². The molecule has 0 aliphatic carbocycles. The second kappa shape index (κ2) is 7.31. The van der Waals surface area contributed by atoms with Gasteiger partial charge in [-0.05, 0) is 25.0 Å². The first-order valence-electron chi connectivity index (χ1n) is 7.49. The van der Waals surface area contributed by atoms with E-state index in [0.717, 1.165) is 11.4 Å². The van der Waals surface area contributed by atoms with Gasteiger partial charge in [0.1, 0.15) is 5.75 Å². The SMILES string of the molecule is CCOCC(NC(=O)C1CNc2ccccc2O1)C(C)C. The Labute approximate surface area is 126 Å². The molecule has 2 N–H and O–H groups in total. The summed E-state index contributed by atoms with van der Waals surface area (Å²) in [5.41, 5.74) is 0.927. The lowest BCUT2D eigenvalue weighted by Gasteiger charge is -2.29. The fourth-order valence-corrected chi connectivity index (χ4v) is 2.18. The second-order valence-corrected chi connectivity index (χ2v) is 5.50. The highest BCUT2D eigenvalue weighted by Crippen LogP contribution is 2.28. The smallest absolute Gasteiger partial charge is 0.263 e. The minimum absolute atomic E-state index is 0.00165. The van der Waals surface area contributed by atoms with Crippen LogP contribution in [0.1, 0.15) is 20.8 Å². The number of hydrogen-bond acceptors (Lipinski definition) is 4. The average molecular weight is 292 g/mol. The van der Waals surface area contributed by atoms with Crippen molar-refractivity contribution in [3.8, 4) is 5.75 Å². The molecule has 0 saturated heterocycles. The van der Waals surface area contributed by atoms with Gasteiger partial charge in [-0.3, -0.25) is 4.79 Å². The van der Waals surface area contributed by atoms with Gasteiger partial charge in [-0.2, -0.15) is 0 Å². The molecule has 2 atom stereocenters. The molecule has 1 aliphatic heterocycles. The van der Waals surface area contributed by atoms with Crippen molar-refractivity contribution >= 4 is 11.6 Å². The number of anilines is 1. The Hall–Kier alpha value is -1.75. The van der Waals surface area contributed by atoms with E-state index in [1.54, 1.807) is 0 Å². The fourth-order valence-electron chi connectivity index (χ4n) is 2.18. The van der Waals surface area contributed by atoms with Gasteiger partial charge in [0.25, 0.3) is 5.91 Å². The predicted octanol–water partition coefficient (Wildman–Crippen LogP) is 2.04. The standard InChI is InChI=1S/C16H24N2O3/c1-4-20-10-13(11(2)3)18-16(19)15-9-17-12-7-5-6-8-14(12)21-15/h5-8,11,13,15,17H,4,9-10H2,1-3H3,(H,18,19). The molecule has 0 fully saturated rings. The van der Waals surface area contributed by atoms with Crippen LogP contribution in [-0.2, 0) is 9.53 Å². The van der Waals surface area contributed by atoms with Gasteiger partial charge >= 0.3 is 0 Å². The summed E-state index contributed by atoms with van der Waals surface area (Å²) in [4.78, 5) is 12.4. The summed E-state index contributed by atoms with van der Waals surface area (Å²) < 4.78 is 11.2. The number of ether oxygens (including phenoxy) is 2. The van der Waals surface area contributed by atoms with Crippen molar-refractivity contribution in [1.82, 2.24) is 5.32 Å². The van der Waals surface area contributed by atoms with Crippen LogP contribution in [0.2, 0.25) is 0 Å². The van der Waals surface area contributed by atoms with E-state index in [2.05, 4.69) is 24.5 Å². The zero-order valence-corrected chi connectivity index (χ0v) is 12.9. The highest BCUT2D eigenvalue weighted by Gasteiger charge is 2.28. The van der Waals surface area contributed by atoms with Gasteiger partial charge in [0.05, 0.1) is 24.9 Å². The number of nitrogens with one attached hydrogen (secondary N) is 2. The van der Waals surface area contributed by atoms with E-state index >= 15 is 0 Å². The summed E-state index contributed by atoms with van der Waals surface area (Å²) in [6.45, 7) is 7.73. The van der Waals surface area contributed by atoms with Gasteiger partial charge in [-0.25, -0.2) is 0 Å². The highest BCUT2D eigenvalue weighted by atomic mass is 16.5. The Morgan fingerprint density at radius 3 is 2.95 bits per heavy atom. The van der Waals surface area contributed by atoms with E-state index in [1.165, 1.54) is 0 Å². The number of rotatable bonds is 6. The molecule has 0 aromatic heterocycles. The molecule has 21 heavy (non-hydrogen) atoms. The first-order valence-corrected chi connectivity index (χ1v) is 7.49. The summed E-state index contributed by atoms with van der Waals surface area (Å²) in [6, 6.07) is 7.63. The molecule has 1 aromatic carbocycles. The Morgan fingerprint density at radius 1 is 1.48 bits per heavy atom. The van der Waals surface area contributed by atoms with Crippen LogP contribution in [0.3, 0.4) is 0 Å². The Morgan fingerprint density at radius 2 is 2.24 bits per heavy atom. The summed E-state index contributed by atoms with van der Waals surface area (Å²) in [5, 5.41) is 6.25. The van der Waals surface area contributed by atoms with Gasteiger partial charge < -0.3 is 20.1 Å². The molecule has 0 spiro atoms. The molecule has 5 nitrogen and oxygen atoms in total. The molecular weight excluding hydrogens is 268 g/mol.